The van der Waals surface area contributed by atoms with Crippen molar-refractivity contribution in [2.45, 2.75) is 32.9 Å². The number of hydrogen-bond donors (Lipinski definition) is 1. The summed E-state index contributed by atoms with van der Waals surface area (Å²) in [4.78, 5) is 16.3. The van der Waals surface area contributed by atoms with Gasteiger partial charge in [0.2, 0.25) is 5.95 Å². The van der Waals surface area contributed by atoms with Crippen LogP contribution in [0.3, 0.4) is 0 Å². The molecule has 0 bridgehead atoms. The molecule has 1 N–H and O–H groups in total. The van der Waals surface area contributed by atoms with E-state index >= 15 is 0 Å². The van der Waals surface area contributed by atoms with E-state index in [2.05, 4.69) is 10.3 Å². The van der Waals surface area contributed by atoms with Crippen LogP contribution in [-0.4, -0.2) is 9.55 Å². The second-order valence-electron chi connectivity index (χ2n) is 4.98. The van der Waals surface area contributed by atoms with Crippen LogP contribution in [0.1, 0.15) is 38.4 Å². The van der Waals surface area contributed by atoms with E-state index in [0.717, 1.165) is 5.56 Å². The molecular weight excluding hydrogens is 274 g/mol. The summed E-state index contributed by atoms with van der Waals surface area (Å²) in [6, 6.07) is 11.4. The molecule has 0 unspecified atom stereocenters. The van der Waals surface area contributed by atoms with E-state index in [9.17, 15) is 4.79 Å². The summed E-state index contributed by atoms with van der Waals surface area (Å²) in [5, 5.41) is 3.46. The minimum absolute atomic E-state index is 0.0118. The third-order valence-electron chi connectivity index (χ3n) is 3.08. The predicted molar refractivity (Wildman–Crippen MR) is 82.4 cm³/mol. The summed E-state index contributed by atoms with van der Waals surface area (Å²) in [7, 11) is 0. The van der Waals surface area contributed by atoms with Gasteiger partial charge < -0.3 is 5.32 Å². The first-order valence-electron chi connectivity index (χ1n) is 6.59. The molecule has 4 nitrogen and oxygen atoms in total. The first-order chi connectivity index (χ1) is 9.49. The highest BCUT2D eigenvalue weighted by Crippen LogP contribution is 2.19. The van der Waals surface area contributed by atoms with Crippen molar-refractivity contribution in [3.63, 3.8) is 0 Å². The smallest absolute Gasteiger partial charge is 0.256 e. The fourth-order valence-corrected chi connectivity index (χ4v) is 2.26. The molecule has 0 saturated carbocycles. The van der Waals surface area contributed by atoms with Gasteiger partial charge in [-0.15, -0.1) is 0 Å². The summed E-state index contributed by atoms with van der Waals surface area (Å²) in [5.41, 5.74) is 0.972. The van der Waals surface area contributed by atoms with Crippen molar-refractivity contribution < 1.29 is 0 Å². The molecule has 20 heavy (non-hydrogen) atoms. The highest BCUT2D eigenvalue weighted by molar-refractivity contribution is 6.29. The Morgan fingerprint density at radius 3 is 2.45 bits per heavy atom. The van der Waals surface area contributed by atoms with Crippen LogP contribution in [0.25, 0.3) is 0 Å². The van der Waals surface area contributed by atoms with Gasteiger partial charge in [0.05, 0.1) is 6.04 Å². The zero-order chi connectivity index (χ0) is 14.7. The fourth-order valence-electron chi connectivity index (χ4n) is 2.08. The lowest BCUT2D eigenvalue weighted by Gasteiger charge is -2.20. The maximum atomic E-state index is 12.0. The largest absolute Gasteiger partial charge is 0.349 e. The van der Waals surface area contributed by atoms with Gasteiger partial charge in [0.1, 0.15) is 5.15 Å². The molecule has 2 rings (SSSR count). The van der Waals surface area contributed by atoms with Gasteiger partial charge in [-0.3, -0.25) is 9.36 Å². The van der Waals surface area contributed by atoms with Gasteiger partial charge in [0.15, 0.2) is 0 Å². The summed E-state index contributed by atoms with van der Waals surface area (Å²) < 4.78 is 1.60. The van der Waals surface area contributed by atoms with Crippen LogP contribution in [0.15, 0.2) is 41.2 Å². The van der Waals surface area contributed by atoms with E-state index in [-0.39, 0.29) is 22.8 Å². The molecule has 1 atom stereocenters. The van der Waals surface area contributed by atoms with Crippen molar-refractivity contribution in [1.82, 2.24) is 9.55 Å². The molecule has 0 amide bonds. The monoisotopic (exact) mass is 291 g/mol. The van der Waals surface area contributed by atoms with E-state index in [0.29, 0.717) is 5.95 Å². The van der Waals surface area contributed by atoms with E-state index in [1.54, 1.807) is 4.57 Å². The Kier molecular flexibility index (Phi) is 4.45. The second kappa shape index (κ2) is 6.09. The van der Waals surface area contributed by atoms with Crippen LogP contribution in [0.2, 0.25) is 5.15 Å². The number of benzene rings is 1. The zero-order valence-electron chi connectivity index (χ0n) is 11.8. The molecule has 2 aromatic rings. The zero-order valence-corrected chi connectivity index (χ0v) is 12.6. The van der Waals surface area contributed by atoms with Crippen molar-refractivity contribution in [1.29, 1.82) is 0 Å². The highest BCUT2D eigenvalue weighted by atomic mass is 35.5. The number of anilines is 1. The second-order valence-corrected chi connectivity index (χ2v) is 5.37. The number of nitrogens with zero attached hydrogens (tertiary/aromatic N) is 2. The molecule has 5 heteroatoms. The van der Waals surface area contributed by atoms with E-state index in [4.69, 9.17) is 11.6 Å². The van der Waals surface area contributed by atoms with Crippen LogP contribution >= 0.6 is 11.6 Å². The first-order valence-corrected chi connectivity index (χ1v) is 6.97. The standard InChI is InChI=1S/C15H18ClN3O/c1-10(2)19-14(20)9-13(16)18-15(19)17-11(3)12-7-5-4-6-8-12/h4-11H,1-3H3,(H,17,18)/t11-/m0/s1. The normalized spacial score (nSPS) is 12.4. The Morgan fingerprint density at radius 1 is 1.20 bits per heavy atom. The number of rotatable bonds is 4. The number of halogens is 1. The van der Waals surface area contributed by atoms with Crippen LogP contribution < -0.4 is 10.9 Å². The molecular formula is C15H18ClN3O. The number of nitrogens with one attached hydrogen (secondary N) is 1. The third-order valence-corrected chi connectivity index (χ3v) is 3.28. The highest BCUT2D eigenvalue weighted by Gasteiger charge is 2.13. The SMILES string of the molecule is CC(C)n1c(N[C@@H](C)c2ccccc2)nc(Cl)cc1=O. The molecule has 0 aliphatic carbocycles. The summed E-state index contributed by atoms with van der Waals surface area (Å²) in [6.07, 6.45) is 0. The topological polar surface area (TPSA) is 46.9 Å². The minimum atomic E-state index is -0.150. The minimum Gasteiger partial charge on any atom is -0.349 e. The molecule has 0 aliphatic heterocycles. The van der Waals surface area contributed by atoms with Crippen LogP contribution in [0.4, 0.5) is 5.95 Å². The molecule has 1 aromatic heterocycles. The molecule has 106 valence electrons. The quantitative estimate of drug-likeness (QED) is 0.875. The summed E-state index contributed by atoms with van der Waals surface area (Å²) in [6.45, 7) is 5.90. The van der Waals surface area contributed by atoms with Gasteiger partial charge in [-0.2, -0.15) is 0 Å². The van der Waals surface area contributed by atoms with Crippen molar-refractivity contribution >= 4 is 17.5 Å². The van der Waals surface area contributed by atoms with E-state index in [1.807, 2.05) is 51.1 Å². The molecule has 0 aliphatic rings. The van der Waals surface area contributed by atoms with Crippen LogP contribution in [0.5, 0.6) is 0 Å². The van der Waals surface area contributed by atoms with Gasteiger partial charge in [0, 0.05) is 12.1 Å². The van der Waals surface area contributed by atoms with Crippen LogP contribution in [-0.2, 0) is 0 Å². The van der Waals surface area contributed by atoms with Crippen LogP contribution in [0, 0.1) is 0 Å². The molecule has 1 heterocycles. The average Bonchev–Trinajstić information content (AvgIpc) is 2.38. The van der Waals surface area contributed by atoms with Crippen molar-refractivity contribution in [2.24, 2.45) is 0 Å². The Bertz CT molecular complexity index is 637. The molecule has 0 fully saturated rings. The lowest BCUT2D eigenvalue weighted by Crippen LogP contribution is -2.26. The average molecular weight is 292 g/mol. The first kappa shape index (κ1) is 14.6. The Morgan fingerprint density at radius 2 is 1.85 bits per heavy atom. The third kappa shape index (κ3) is 3.20. The molecule has 0 spiro atoms. The van der Waals surface area contributed by atoms with Crippen molar-refractivity contribution in [3.05, 3.63) is 57.5 Å². The Balaban J connectivity index is 2.36. The lowest BCUT2D eigenvalue weighted by atomic mass is 10.1. The van der Waals surface area contributed by atoms with Gasteiger partial charge in [0.25, 0.3) is 5.56 Å². The molecule has 1 aromatic carbocycles. The van der Waals surface area contributed by atoms with Gasteiger partial charge in [-0.05, 0) is 26.3 Å². The maximum Gasteiger partial charge on any atom is 0.256 e. The maximum absolute atomic E-state index is 12.0. The lowest BCUT2D eigenvalue weighted by molar-refractivity contribution is 0.570. The van der Waals surface area contributed by atoms with Crippen molar-refractivity contribution in [2.75, 3.05) is 5.32 Å². The predicted octanol–water partition coefficient (Wildman–Crippen LogP) is 3.65. The van der Waals surface area contributed by atoms with Crippen molar-refractivity contribution in [3.8, 4) is 0 Å². The summed E-state index contributed by atoms with van der Waals surface area (Å²) >= 11 is 5.89. The number of hydrogen-bond acceptors (Lipinski definition) is 3. The van der Waals surface area contributed by atoms with E-state index in [1.165, 1.54) is 6.07 Å². The van der Waals surface area contributed by atoms with Gasteiger partial charge >= 0.3 is 0 Å². The van der Waals surface area contributed by atoms with Gasteiger partial charge in [-0.25, -0.2) is 4.98 Å². The molecule has 0 radical (unpaired) electrons. The molecule has 0 saturated heterocycles. The Hall–Kier alpha value is -1.81. The summed E-state index contributed by atoms with van der Waals surface area (Å²) in [5.74, 6) is 0.494. The fraction of sp³-hybridized carbons (Fsp3) is 0.333. The Labute approximate surface area is 123 Å². The van der Waals surface area contributed by atoms with Gasteiger partial charge in [-0.1, -0.05) is 41.9 Å². The number of aromatic nitrogens is 2. The van der Waals surface area contributed by atoms with E-state index < -0.39 is 0 Å².